The van der Waals surface area contributed by atoms with Crippen LogP contribution in [0.2, 0.25) is 0 Å². The molecule has 1 aliphatic carbocycles. The fourth-order valence-corrected chi connectivity index (χ4v) is 3.75. The van der Waals surface area contributed by atoms with Crippen molar-refractivity contribution in [2.75, 3.05) is 0 Å². The van der Waals surface area contributed by atoms with E-state index in [-0.39, 0.29) is 0 Å². The van der Waals surface area contributed by atoms with Crippen LogP contribution in [0.3, 0.4) is 0 Å². The van der Waals surface area contributed by atoms with Crippen molar-refractivity contribution in [1.29, 1.82) is 0 Å². The highest BCUT2D eigenvalue weighted by Crippen LogP contribution is 2.37. The summed E-state index contributed by atoms with van der Waals surface area (Å²) < 4.78 is 0. The highest BCUT2D eigenvalue weighted by atomic mass is 14.2. The fourth-order valence-electron chi connectivity index (χ4n) is 3.75. The van der Waals surface area contributed by atoms with Crippen molar-refractivity contribution in [1.82, 2.24) is 0 Å². The van der Waals surface area contributed by atoms with Gasteiger partial charge in [0.05, 0.1) is 0 Å². The zero-order valence-corrected chi connectivity index (χ0v) is 12.8. The molecule has 0 saturated carbocycles. The van der Waals surface area contributed by atoms with E-state index in [1.54, 1.807) is 0 Å². The first kappa shape index (κ1) is 12.7. The van der Waals surface area contributed by atoms with Gasteiger partial charge in [0.15, 0.2) is 0 Å². The van der Waals surface area contributed by atoms with Crippen molar-refractivity contribution in [3.8, 4) is 0 Å². The summed E-state index contributed by atoms with van der Waals surface area (Å²) in [6.45, 7) is 0. The van der Waals surface area contributed by atoms with Crippen LogP contribution in [0.4, 0.5) is 0 Å². The third kappa shape index (κ3) is 1.92. The highest BCUT2D eigenvalue weighted by Gasteiger charge is 2.16. The first-order chi connectivity index (χ1) is 11.4. The highest BCUT2D eigenvalue weighted by molar-refractivity contribution is 6.12. The minimum Gasteiger partial charge on any atom is -0.0622 e. The Morgan fingerprint density at radius 1 is 0.565 bits per heavy atom. The van der Waals surface area contributed by atoms with Gasteiger partial charge in [0.2, 0.25) is 0 Å². The summed E-state index contributed by atoms with van der Waals surface area (Å²) in [5, 5.41) is 5.37. The van der Waals surface area contributed by atoms with Gasteiger partial charge in [-0.2, -0.15) is 0 Å². The smallest absolute Gasteiger partial charge is 0.00134 e. The van der Waals surface area contributed by atoms with Crippen LogP contribution in [0.1, 0.15) is 16.7 Å². The van der Waals surface area contributed by atoms with Crippen LogP contribution < -0.4 is 0 Å². The molecule has 4 aromatic rings. The van der Waals surface area contributed by atoms with E-state index in [1.165, 1.54) is 43.8 Å². The summed E-state index contributed by atoms with van der Waals surface area (Å²) in [5.41, 5.74) is 5.58. The topological polar surface area (TPSA) is 0 Å². The summed E-state index contributed by atoms with van der Waals surface area (Å²) in [5.74, 6) is 0. The van der Waals surface area contributed by atoms with Crippen molar-refractivity contribution in [2.24, 2.45) is 0 Å². The maximum atomic E-state index is 2.38. The molecule has 0 aliphatic heterocycles. The number of hydrogen-bond acceptors (Lipinski definition) is 0. The summed E-state index contributed by atoms with van der Waals surface area (Å²) in [6.07, 6.45) is 3.41. The fraction of sp³-hybridized carbons (Fsp3) is 0.0435. The van der Waals surface area contributed by atoms with Crippen molar-refractivity contribution < 1.29 is 0 Å². The molecule has 0 heteroatoms. The predicted octanol–water partition coefficient (Wildman–Crippen LogP) is 6.09. The lowest BCUT2D eigenvalue weighted by Crippen LogP contribution is -1.87. The van der Waals surface area contributed by atoms with Gasteiger partial charge in [-0.25, -0.2) is 0 Å². The quantitative estimate of drug-likeness (QED) is 0.372. The van der Waals surface area contributed by atoms with Gasteiger partial charge in [0.25, 0.3) is 0 Å². The van der Waals surface area contributed by atoms with Crippen LogP contribution in [0.5, 0.6) is 0 Å². The molecule has 0 spiro atoms. The van der Waals surface area contributed by atoms with E-state index in [4.69, 9.17) is 0 Å². The molecule has 5 rings (SSSR count). The van der Waals surface area contributed by atoms with Gasteiger partial charge >= 0.3 is 0 Å². The minimum atomic E-state index is 1.03. The predicted molar refractivity (Wildman–Crippen MR) is 99.5 cm³/mol. The Bertz CT molecular complexity index is 1070. The zero-order chi connectivity index (χ0) is 15.2. The Hall–Kier alpha value is -2.86. The summed E-state index contributed by atoms with van der Waals surface area (Å²) in [4.78, 5) is 0. The van der Waals surface area contributed by atoms with E-state index in [9.17, 15) is 0 Å². The second kappa shape index (κ2) is 4.82. The van der Waals surface area contributed by atoms with Crippen molar-refractivity contribution >= 4 is 33.2 Å². The summed E-state index contributed by atoms with van der Waals surface area (Å²) in [6, 6.07) is 28.5. The lowest BCUT2D eigenvalue weighted by Gasteiger charge is -2.08. The molecule has 0 saturated heterocycles. The number of hydrogen-bond donors (Lipinski definition) is 0. The standard InChI is InChI=1S/C23H16/c1-2-6-16(7-3-1)19-14-18-11-13-21-20-9-5-4-8-17(20)10-12-22(21)23(18)15-19/h1-13,15H,14H2. The van der Waals surface area contributed by atoms with Crippen LogP contribution in [0, 0.1) is 0 Å². The maximum Gasteiger partial charge on any atom is -0.00134 e. The van der Waals surface area contributed by atoms with Crippen LogP contribution in [0.25, 0.3) is 33.2 Å². The Labute approximate surface area is 135 Å². The average Bonchev–Trinajstić information content (AvgIpc) is 3.07. The number of fused-ring (bicyclic) bond motifs is 5. The van der Waals surface area contributed by atoms with E-state index in [2.05, 4.69) is 84.9 Å². The van der Waals surface area contributed by atoms with Crippen molar-refractivity contribution in [2.45, 2.75) is 6.42 Å². The first-order valence-electron chi connectivity index (χ1n) is 8.09. The molecule has 1 aliphatic rings. The number of rotatable bonds is 1. The normalized spacial score (nSPS) is 13.3. The molecule has 0 radical (unpaired) electrons. The van der Waals surface area contributed by atoms with Gasteiger partial charge in [-0.15, -0.1) is 0 Å². The maximum absolute atomic E-state index is 2.38. The van der Waals surface area contributed by atoms with E-state index in [0.29, 0.717) is 0 Å². The molecule has 0 bridgehead atoms. The summed E-state index contributed by atoms with van der Waals surface area (Å²) >= 11 is 0. The second-order valence-electron chi connectivity index (χ2n) is 6.23. The SMILES string of the molecule is C1=C(c2ccccc2)Cc2ccc3c(ccc4ccccc43)c21. The Morgan fingerprint density at radius 2 is 1.35 bits per heavy atom. The summed E-state index contributed by atoms with van der Waals surface area (Å²) in [7, 11) is 0. The number of benzene rings is 4. The van der Waals surface area contributed by atoms with E-state index in [0.717, 1.165) is 6.42 Å². The molecule has 0 heterocycles. The van der Waals surface area contributed by atoms with Crippen molar-refractivity contribution in [3.63, 3.8) is 0 Å². The van der Waals surface area contributed by atoms with E-state index < -0.39 is 0 Å². The molecule has 0 amide bonds. The van der Waals surface area contributed by atoms with E-state index >= 15 is 0 Å². The third-order valence-corrected chi connectivity index (χ3v) is 4.90. The van der Waals surface area contributed by atoms with Crippen LogP contribution >= 0.6 is 0 Å². The zero-order valence-electron chi connectivity index (χ0n) is 12.8. The molecule has 0 atom stereocenters. The molecule has 0 fully saturated rings. The Kier molecular flexibility index (Phi) is 2.65. The lowest BCUT2D eigenvalue weighted by atomic mass is 9.96. The molecular formula is C23H16. The van der Waals surface area contributed by atoms with Gasteiger partial charge in [0.1, 0.15) is 0 Å². The first-order valence-corrected chi connectivity index (χ1v) is 8.09. The van der Waals surface area contributed by atoms with Crippen LogP contribution in [-0.4, -0.2) is 0 Å². The monoisotopic (exact) mass is 292 g/mol. The molecule has 0 nitrogen and oxygen atoms in total. The molecule has 23 heavy (non-hydrogen) atoms. The van der Waals surface area contributed by atoms with Gasteiger partial charge in [-0.1, -0.05) is 78.9 Å². The molecule has 0 aromatic heterocycles. The molecule has 0 N–H and O–H groups in total. The van der Waals surface area contributed by atoms with Gasteiger partial charge < -0.3 is 0 Å². The average molecular weight is 292 g/mol. The molecule has 4 aromatic carbocycles. The minimum absolute atomic E-state index is 1.03. The van der Waals surface area contributed by atoms with Gasteiger partial charge in [0, 0.05) is 0 Å². The lowest BCUT2D eigenvalue weighted by molar-refractivity contribution is 1.33. The molecule has 108 valence electrons. The van der Waals surface area contributed by atoms with Crippen LogP contribution in [0.15, 0.2) is 78.9 Å². The van der Waals surface area contributed by atoms with Gasteiger partial charge in [-0.3, -0.25) is 0 Å². The van der Waals surface area contributed by atoms with Gasteiger partial charge in [-0.05, 0) is 56.3 Å². The van der Waals surface area contributed by atoms with Crippen molar-refractivity contribution in [3.05, 3.63) is 95.6 Å². The third-order valence-electron chi connectivity index (χ3n) is 4.90. The molecular weight excluding hydrogens is 276 g/mol. The van der Waals surface area contributed by atoms with E-state index in [1.807, 2.05) is 0 Å². The largest absolute Gasteiger partial charge is 0.0622 e. The molecule has 0 unspecified atom stereocenters. The number of allylic oxidation sites excluding steroid dienone is 1. The van der Waals surface area contributed by atoms with Crippen LogP contribution in [-0.2, 0) is 6.42 Å². The Balaban J connectivity index is 1.77. The Morgan fingerprint density at radius 3 is 2.26 bits per heavy atom. The second-order valence-corrected chi connectivity index (χ2v) is 6.23.